The molecule has 2 aromatic rings. The van der Waals surface area contributed by atoms with Crippen LogP contribution >= 0.6 is 11.8 Å². The molecule has 5 nitrogen and oxygen atoms in total. The molecule has 0 atom stereocenters. The van der Waals surface area contributed by atoms with Gasteiger partial charge in [0, 0.05) is 24.4 Å². The molecular weight excluding hydrogens is 375 g/mol. The van der Waals surface area contributed by atoms with Crippen LogP contribution in [-0.2, 0) is 14.8 Å². The molecule has 2 N–H and O–H groups in total. The van der Waals surface area contributed by atoms with Crippen LogP contribution in [-0.4, -0.2) is 33.2 Å². The SMILES string of the molecule is O=C(CCNS(=O)(=O)c1ccccc1)NCCCSc1ccc(F)cc1. The predicted octanol–water partition coefficient (Wildman–Crippen LogP) is 2.79. The number of halogens is 1. The van der Waals surface area contributed by atoms with Crippen LogP contribution in [0.5, 0.6) is 0 Å². The van der Waals surface area contributed by atoms with Gasteiger partial charge in [0.05, 0.1) is 4.90 Å². The van der Waals surface area contributed by atoms with Gasteiger partial charge >= 0.3 is 0 Å². The molecule has 0 aliphatic carbocycles. The Kier molecular flexibility index (Phi) is 8.08. The third-order valence-electron chi connectivity index (χ3n) is 3.42. The molecule has 0 aliphatic rings. The zero-order valence-electron chi connectivity index (χ0n) is 14.2. The molecule has 140 valence electrons. The third-order valence-corrected chi connectivity index (χ3v) is 6.00. The van der Waals surface area contributed by atoms with E-state index in [9.17, 15) is 17.6 Å². The zero-order valence-corrected chi connectivity index (χ0v) is 15.8. The van der Waals surface area contributed by atoms with Gasteiger partial charge in [-0.1, -0.05) is 18.2 Å². The molecule has 0 saturated carbocycles. The molecule has 0 radical (unpaired) electrons. The summed E-state index contributed by atoms with van der Waals surface area (Å²) in [5, 5.41) is 2.76. The molecule has 0 fully saturated rings. The van der Waals surface area contributed by atoms with Crippen LogP contribution in [0.15, 0.2) is 64.4 Å². The number of hydrogen-bond donors (Lipinski definition) is 2. The lowest BCUT2D eigenvalue weighted by Gasteiger charge is -2.07. The Bertz CT molecular complexity index is 797. The molecule has 2 aromatic carbocycles. The first-order chi connectivity index (χ1) is 12.5. The Hall–Kier alpha value is -1.90. The number of thioether (sulfide) groups is 1. The number of carbonyl (C=O) groups excluding carboxylic acids is 1. The van der Waals surface area contributed by atoms with Crippen molar-refractivity contribution in [1.82, 2.24) is 10.0 Å². The van der Waals surface area contributed by atoms with Gasteiger partial charge in [-0.15, -0.1) is 11.8 Å². The number of rotatable bonds is 10. The van der Waals surface area contributed by atoms with Gasteiger partial charge in [-0.05, 0) is 48.6 Å². The first-order valence-electron chi connectivity index (χ1n) is 8.17. The van der Waals surface area contributed by atoms with Crippen LogP contribution in [0.3, 0.4) is 0 Å². The van der Waals surface area contributed by atoms with Gasteiger partial charge < -0.3 is 5.32 Å². The summed E-state index contributed by atoms with van der Waals surface area (Å²) in [6, 6.07) is 14.3. The topological polar surface area (TPSA) is 75.3 Å². The molecule has 2 rings (SSSR count). The first kappa shape index (κ1) is 20.4. The smallest absolute Gasteiger partial charge is 0.240 e. The van der Waals surface area contributed by atoms with Crippen molar-refractivity contribution in [3.8, 4) is 0 Å². The quantitative estimate of drug-likeness (QED) is 0.478. The molecule has 0 aromatic heterocycles. The lowest BCUT2D eigenvalue weighted by Crippen LogP contribution is -2.31. The summed E-state index contributed by atoms with van der Waals surface area (Å²) >= 11 is 1.59. The summed E-state index contributed by atoms with van der Waals surface area (Å²) < 4.78 is 39.2. The van der Waals surface area contributed by atoms with E-state index in [4.69, 9.17) is 0 Å². The Labute approximate surface area is 157 Å². The summed E-state index contributed by atoms with van der Waals surface area (Å²) in [6.45, 7) is 0.561. The van der Waals surface area contributed by atoms with Crippen molar-refractivity contribution >= 4 is 27.7 Å². The van der Waals surface area contributed by atoms with Gasteiger partial charge in [0.25, 0.3) is 0 Å². The number of carbonyl (C=O) groups is 1. The summed E-state index contributed by atoms with van der Waals surface area (Å²) in [4.78, 5) is 12.9. The molecule has 0 spiro atoms. The van der Waals surface area contributed by atoms with Crippen LogP contribution in [0.1, 0.15) is 12.8 Å². The average molecular weight is 397 g/mol. The Morgan fingerprint density at radius 1 is 1.00 bits per heavy atom. The fourth-order valence-corrected chi connectivity index (χ4v) is 4.00. The van der Waals surface area contributed by atoms with Crippen LogP contribution in [0.4, 0.5) is 4.39 Å². The monoisotopic (exact) mass is 396 g/mol. The van der Waals surface area contributed by atoms with Gasteiger partial charge in [0.1, 0.15) is 5.82 Å². The number of nitrogens with one attached hydrogen (secondary N) is 2. The van der Waals surface area contributed by atoms with Crippen molar-refractivity contribution < 1.29 is 17.6 Å². The Morgan fingerprint density at radius 2 is 1.69 bits per heavy atom. The second-order valence-electron chi connectivity index (χ2n) is 5.47. The number of hydrogen-bond acceptors (Lipinski definition) is 4. The maximum Gasteiger partial charge on any atom is 0.240 e. The predicted molar refractivity (Wildman–Crippen MR) is 101 cm³/mol. The molecule has 0 saturated heterocycles. The summed E-state index contributed by atoms with van der Waals surface area (Å²) in [5.41, 5.74) is 0. The van der Waals surface area contributed by atoms with Crippen LogP contribution < -0.4 is 10.0 Å². The standard InChI is InChI=1S/C18H21FN2O3S2/c19-15-7-9-16(10-8-15)25-14-4-12-20-18(22)11-13-21-26(23,24)17-5-2-1-3-6-17/h1-3,5-10,21H,4,11-14H2,(H,20,22). The maximum atomic E-state index is 12.8. The molecule has 26 heavy (non-hydrogen) atoms. The number of amides is 1. The van der Waals surface area contributed by atoms with Crippen LogP contribution in [0, 0.1) is 5.82 Å². The van der Waals surface area contributed by atoms with E-state index >= 15 is 0 Å². The highest BCUT2D eigenvalue weighted by Gasteiger charge is 2.13. The molecule has 0 heterocycles. The lowest BCUT2D eigenvalue weighted by molar-refractivity contribution is -0.120. The van der Waals surface area contributed by atoms with Crippen molar-refractivity contribution in [2.75, 3.05) is 18.8 Å². The van der Waals surface area contributed by atoms with Crippen LogP contribution in [0.2, 0.25) is 0 Å². The van der Waals surface area contributed by atoms with Gasteiger partial charge in [-0.25, -0.2) is 17.5 Å². The zero-order chi connectivity index (χ0) is 18.8. The van der Waals surface area contributed by atoms with E-state index in [0.717, 1.165) is 17.1 Å². The lowest BCUT2D eigenvalue weighted by atomic mass is 10.3. The molecule has 0 aliphatic heterocycles. The third kappa shape index (κ3) is 7.15. The van der Waals surface area contributed by atoms with E-state index < -0.39 is 10.0 Å². The fraction of sp³-hybridized carbons (Fsp3) is 0.278. The van der Waals surface area contributed by atoms with Crippen molar-refractivity contribution in [1.29, 1.82) is 0 Å². The molecule has 8 heteroatoms. The Balaban J connectivity index is 1.58. The normalized spacial score (nSPS) is 11.3. The number of benzene rings is 2. The first-order valence-corrected chi connectivity index (χ1v) is 10.6. The second kappa shape index (κ2) is 10.3. The van der Waals surface area contributed by atoms with Gasteiger partial charge in [0.15, 0.2) is 0 Å². The van der Waals surface area contributed by atoms with E-state index in [1.165, 1.54) is 24.3 Å². The van der Waals surface area contributed by atoms with Crippen LogP contribution in [0.25, 0.3) is 0 Å². The summed E-state index contributed by atoms with van der Waals surface area (Å²) in [6.07, 6.45) is 0.848. The van der Waals surface area contributed by atoms with E-state index in [1.54, 1.807) is 42.1 Å². The summed E-state index contributed by atoms with van der Waals surface area (Å²) in [5.74, 6) is 0.337. The van der Waals surface area contributed by atoms with E-state index in [-0.39, 0.29) is 29.6 Å². The Morgan fingerprint density at radius 3 is 2.38 bits per heavy atom. The molecular formula is C18H21FN2O3S2. The molecule has 1 amide bonds. The van der Waals surface area contributed by atoms with Crippen molar-refractivity contribution in [3.05, 3.63) is 60.4 Å². The minimum absolute atomic E-state index is 0.0490. The average Bonchev–Trinajstić information content (AvgIpc) is 2.63. The minimum atomic E-state index is -3.58. The highest BCUT2D eigenvalue weighted by molar-refractivity contribution is 7.99. The summed E-state index contributed by atoms with van der Waals surface area (Å²) in [7, 11) is -3.58. The van der Waals surface area contributed by atoms with E-state index in [0.29, 0.717) is 6.54 Å². The number of sulfonamides is 1. The van der Waals surface area contributed by atoms with Crippen molar-refractivity contribution in [3.63, 3.8) is 0 Å². The molecule has 0 unspecified atom stereocenters. The van der Waals surface area contributed by atoms with Gasteiger partial charge in [0.2, 0.25) is 15.9 Å². The fourth-order valence-electron chi connectivity index (χ4n) is 2.09. The van der Waals surface area contributed by atoms with Gasteiger partial charge in [-0.2, -0.15) is 0 Å². The van der Waals surface area contributed by atoms with Crippen molar-refractivity contribution in [2.24, 2.45) is 0 Å². The van der Waals surface area contributed by atoms with E-state index in [1.807, 2.05) is 0 Å². The van der Waals surface area contributed by atoms with E-state index in [2.05, 4.69) is 10.0 Å². The van der Waals surface area contributed by atoms with Crippen molar-refractivity contribution in [2.45, 2.75) is 22.6 Å². The minimum Gasteiger partial charge on any atom is -0.356 e. The maximum absolute atomic E-state index is 12.8. The largest absolute Gasteiger partial charge is 0.356 e. The molecule has 0 bridgehead atoms. The highest BCUT2D eigenvalue weighted by Crippen LogP contribution is 2.18. The van der Waals surface area contributed by atoms with Gasteiger partial charge in [-0.3, -0.25) is 4.79 Å². The second-order valence-corrected chi connectivity index (χ2v) is 8.40. The highest BCUT2D eigenvalue weighted by atomic mass is 32.2.